The normalized spacial score (nSPS) is 17.6. The van der Waals surface area contributed by atoms with Crippen molar-refractivity contribution in [3.8, 4) is 0 Å². The fourth-order valence-corrected chi connectivity index (χ4v) is 3.32. The lowest BCUT2D eigenvalue weighted by Crippen LogP contribution is -2.26. The summed E-state index contributed by atoms with van der Waals surface area (Å²) in [4.78, 5) is 6.89. The van der Waals surface area contributed by atoms with Crippen LogP contribution >= 0.6 is 27.7 Å². The van der Waals surface area contributed by atoms with E-state index in [1.807, 2.05) is 18.0 Å². The van der Waals surface area contributed by atoms with Crippen molar-refractivity contribution in [2.24, 2.45) is 0 Å². The molecule has 1 aliphatic rings. The van der Waals surface area contributed by atoms with Crippen molar-refractivity contribution in [2.45, 2.75) is 13.3 Å². The van der Waals surface area contributed by atoms with Crippen molar-refractivity contribution in [2.75, 3.05) is 29.5 Å². The van der Waals surface area contributed by atoms with E-state index in [1.165, 1.54) is 23.5 Å². The predicted octanol–water partition coefficient (Wildman–Crippen LogP) is 3.10. The Balaban J connectivity index is 2.19. The molecule has 0 amide bonds. The summed E-state index contributed by atoms with van der Waals surface area (Å²) in [6.07, 6.45) is 3.20. The van der Waals surface area contributed by atoms with Crippen LogP contribution in [0.2, 0.25) is 0 Å². The zero-order valence-electron chi connectivity index (χ0n) is 8.87. The summed E-state index contributed by atoms with van der Waals surface area (Å²) < 4.78 is 1.12. The molecule has 1 fully saturated rings. The van der Waals surface area contributed by atoms with Gasteiger partial charge < -0.3 is 4.90 Å². The number of aromatic nitrogens is 1. The van der Waals surface area contributed by atoms with Gasteiger partial charge in [0.2, 0.25) is 0 Å². The van der Waals surface area contributed by atoms with Crippen molar-refractivity contribution >= 4 is 33.5 Å². The first-order valence-electron chi connectivity index (χ1n) is 5.22. The molecule has 0 spiro atoms. The number of anilines is 1. The Hall–Kier alpha value is -0.220. The Morgan fingerprint density at radius 3 is 3.07 bits per heavy atom. The third kappa shape index (κ3) is 2.88. The van der Waals surface area contributed by atoms with Gasteiger partial charge in [0.05, 0.1) is 4.47 Å². The first-order chi connectivity index (χ1) is 7.27. The Bertz CT molecular complexity index is 335. The van der Waals surface area contributed by atoms with Crippen LogP contribution in [0.15, 0.2) is 16.7 Å². The number of thioether (sulfide) groups is 1. The summed E-state index contributed by atoms with van der Waals surface area (Å²) in [5, 5.41) is 0. The standard InChI is InChI=1S/C11H15BrN2S/c1-9-7-10(12)11(13-8-9)14-3-2-5-15-6-4-14/h7-8H,2-6H2,1H3. The van der Waals surface area contributed by atoms with E-state index in [0.29, 0.717) is 0 Å². The van der Waals surface area contributed by atoms with E-state index < -0.39 is 0 Å². The van der Waals surface area contributed by atoms with Gasteiger partial charge in [-0.3, -0.25) is 0 Å². The van der Waals surface area contributed by atoms with Gasteiger partial charge >= 0.3 is 0 Å². The highest BCUT2D eigenvalue weighted by Crippen LogP contribution is 2.26. The molecule has 0 aromatic carbocycles. The molecule has 82 valence electrons. The summed E-state index contributed by atoms with van der Waals surface area (Å²) in [5.41, 5.74) is 1.20. The van der Waals surface area contributed by atoms with Crippen LogP contribution in [0.3, 0.4) is 0 Å². The smallest absolute Gasteiger partial charge is 0.142 e. The molecule has 1 saturated heterocycles. The highest BCUT2D eigenvalue weighted by Gasteiger charge is 2.13. The highest BCUT2D eigenvalue weighted by molar-refractivity contribution is 9.10. The minimum Gasteiger partial charge on any atom is -0.355 e. The Morgan fingerprint density at radius 1 is 1.40 bits per heavy atom. The molecular formula is C11H15BrN2S. The molecular weight excluding hydrogens is 272 g/mol. The van der Waals surface area contributed by atoms with E-state index in [9.17, 15) is 0 Å². The average molecular weight is 287 g/mol. The molecule has 2 nitrogen and oxygen atoms in total. The second kappa shape index (κ2) is 5.21. The van der Waals surface area contributed by atoms with Gasteiger partial charge in [0.15, 0.2) is 0 Å². The van der Waals surface area contributed by atoms with E-state index in [1.54, 1.807) is 0 Å². The van der Waals surface area contributed by atoms with Gasteiger partial charge in [0, 0.05) is 25.0 Å². The first kappa shape index (κ1) is 11.3. The highest BCUT2D eigenvalue weighted by atomic mass is 79.9. The molecule has 4 heteroatoms. The van der Waals surface area contributed by atoms with Gasteiger partial charge in [-0.15, -0.1) is 0 Å². The summed E-state index contributed by atoms with van der Waals surface area (Å²) in [7, 11) is 0. The second-order valence-electron chi connectivity index (χ2n) is 3.77. The molecule has 15 heavy (non-hydrogen) atoms. The van der Waals surface area contributed by atoms with E-state index >= 15 is 0 Å². The van der Waals surface area contributed by atoms with Crippen LogP contribution in [0.1, 0.15) is 12.0 Å². The van der Waals surface area contributed by atoms with Crippen LogP contribution in [0.4, 0.5) is 5.82 Å². The third-order valence-electron chi connectivity index (χ3n) is 2.48. The van der Waals surface area contributed by atoms with Crippen LogP contribution < -0.4 is 4.90 Å². The van der Waals surface area contributed by atoms with Crippen LogP contribution in [0.5, 0.6) is 0 Å². The van der Waals surface area contributed by atoms with Crippen molar-refractivity contribution in [3.05, 3.63) is 22.3 Å². The maximum Gasteiger partial charge on any atom is 0.142 e. The number of aryl methyl sites for hydroxylation is 1. The van der Waals surface area contributed by atoms with Gasteiger partial charge in [-0.05, 0) is 46.7 Å². The van der Waals surface area contributed by atoms with Crippen LogP contribution in [0, 0.1) is 6.92 Å². The monoisotopic (exact) mass is 286 g/mol. The van der Waals surface area contributed by atoms with E-state index in [4.69, 9.17) is 0 Å². The fraction of sp³-hybridized carbons (Fsp3) is 0.545. The van der Waals surface area contributed by atoms with E-state index in [-0.39, 0.29) is 0 Å². The van der Waals surface area contributed by atoms with Crippen LogP contribution in [-0.2, 0) is 0 Å². The number of hydrogen-bond donors (Lipinski definition) is 0. The average Bonchev–Trinajstić information content (AvgIpc) is 2.46. The zero-order chi connectivity index (χ0) is 10.7. The second-order valence-corrected chi connectivity index (χ2v) is 5.85. The SMILES string of the molecule is Cc1cnc(N2CCCSCC2)c(Br)c1. The number of hydrogen-bond acceptors (Lipinski definition) is 3. The molecule has 2 heterocycles. The topological polar surface area (TPSA) is 16.1 Å². The molecule has 0 unspecified atom stereocenters. The van der Waals surface area contributed by atoms with Gasteiger partial charge in [-0.2, -0.15) is 11.8 Å². The molecule has 1 aliphatic heterocycles. The molecule has 0 radical (unpaired) electrons. The number of nitrogens with zero attached hydrogens (tertiary/aromatic N) is 2. The lowest BCUT2D eigenvalue weighted by Gasteiger charge is -2.22. The predicted molar refractivity (Wildman–Crippen MR) is 70.8 cm³/mol. The summed E-state index contributed by atoms with van der Waals surface area (Å²) in [6.45, 7) is 4.31. The molecule has 0 aliphatic carbocycles. The minimum atomic E-state index is 1.10. The Labute approximate surface area is 104 Å². The van der Waals surface area contributed by atoms with Gasteiger partial charge in [-0.25, -0.2) is 4.98 Å². The van der Waals surface area contributed by atoms with Crippen LogP contribution in [-0.4, -0.2) is 29.6 Å². The van der Waals surface area contributed by atoms with E-state index in [2.05, 4.69) is 38.8 Å². The quantitative estimate of drug-likeness (QED) is 0.789. The maximum absolute atomic E-state index is 4.51. The van der Waals surface area contributed by atoms with Gasteiger partial charge in [-0.1, -0.05) is 0 Å². The van der Waals surface area contributed by atoms with Crippen molar-refractivity contribution < 1.29 is 0 Å². The summed E-state index contributed by atoms with van der Waals surface area (Å²) in [5.74, 6) is 3.59. The van der Waals surface area contributed by atoms with Crippen molar-refractivity contribution in [1.82, 2.24) is 4.98 Å². The molecule has 0 atom stereocenters. The van der Waals surface area contributed by atoms with Crippen LogP contribution in [0.25, 0.3) is 0 Å². The van der Waals surface area contributed by atoms with Crippen molar-refractivity contribution in [3.63, 3.8) is 0 Å². The van der Waals surface area contributed by atoms with Crippen molar-refractivity contribution in [1.29, 1.82) is 0 Å². The Morgan fingerprint density at radius 2 is 2.27 bits per heavy atom. The lowest BCUT2D eigenvalue weighted by atomic mass is 10.3. The van der Waals surface area contributed by atoms with Gasteiger partial charge in [0.25, 0.3) is 0 Å². The third-order valence-corrected chi connectivity index (χ3v) is 4.11. The van der Waals surface area contributed by atoms with Gasteiger partial charge in [0.1, 0.15) is 5.82 Å². The molecule has 0 bridgehead atoms. The summed E-state index contributed by atoms with van der Waals surface area (Å²) in [6, 6.07) is 2.14. The molecule has 2 rings (SSSR count). The number of pyridine rings is 1. The molecule has 1 aromatic rings. The number of halogens is 1. The zero-order valence-corrected chi connectivity index (χ0v) is 11.3. The fourth-order valence-electron chi connectivity index (χ4n) is 1.72. The molecule has 0 N–H and O–H groups in total. The minimum absolute atomic E-state index is 1.10. The first-order valence-corrected chi connectivity index (χ1v) is 7.17. The summed E-state index contributed by atoms with van der Waals surface area (Å²) >= 11 is 5.64. The largest absolute Gasteiger partial charge is 0.355 e. The molecule has 1 aromatic heterocycles. The molecule has 0 saturated carbocycles. The number of rotatable bonds is 1. The van der Waals surface area contributed by atoms with E-state index in [0.717, 1.165) is 23.4 Å². The lowest BCUT2D eigenvalue weighted by molar-refractivity contribution is 0.798. The Kier molecular flexibility index (Phi) is 3.92. The maximum atomic E-state index is 4.51.